The fraction of sp³-hybridized carbons (Fsp3) is 0.294. The lowest BCUT2D eigenvalue weighted by Crippen LogP contribution is -2.27. The van der Waals surface area contributed by atoms with Crippen LogP contribution in [-0.2, 0) is 17.5 Å². The number of nitrogens with zero attached hydrogens (tertiary/aromatic N) is 3. The topological polar surface area (TPSA) is 102 Å². The van der Waals surface area contributed by atoms with E-state index in [1.54, 1.807) is 6.07 Å². The smallest absolute Gasteiger partial charge is 0.417 e. The third kappa shape index (κ3) is 4.67. The maximum Gasteiger partial charge on any atom is 0.417 e. The van der Waals surface area contributed by atoms with E-state index in [0.29, 0.717) is 6.42 Å². The molecule has 11 heteroatoms. The highest BCUT2D eigenvalue weighted by molar-refractivity contribution is 5.91. The second-order valence-electron chi connectivity index (χ2n) is 5.87. The highest BCUT2D eigenvalue weighted by atomic mass is 19.4. The zero-order valence-electron chi connectivity index (χ0n) is 14.5. The predicted molar refractivity (Wildman–Crippen MR) is 90.1 cm³/mol. The molecule has 0 aromatic carbocycles. The van der Waals surface area contributed by atoms with Crippen molar-refractivity contribution in [3.63, 3.8) is 0 Å². The van der Waals surface area contributed by atoms with Crippen LogP contribution in [0.1, 0.15) is 34.8 Å². The van der Waals surface area contributed by atoms with Crippen molar-refractivity contribution in [3.8, 4) is 0 Å². The summed E-state index contributed by atoms with van der Waals surface area (Å²) in [5.41, 5.74) is -0.586. The molecule has 3 aromatic heterocycles. The van der Waals surface area contributed by atoms with E-state index < -0.39 is 11.7 Å². The Kier molecular flexibility index (Phi) is 5.62. The van der Waals surface area contributed by atoms with Gasteiger partial charge in [-0.05, 0) is 30.7 Å². The van der Waals surface area contributed by atoms with Crippen molar-refractivity contribution in [3.05, 3.63) is 53.9 Å². The molecule has 0 fully saturated rings. The lowest BCUT2D eigenvalue weighted by Gasteiger charge is -2.08. The first-order valence-electron chi connectivity index (χ1n) is 8.34. The fourth-order valence-corrected chi connectivity index (χ4v) is 2.44. The van der Waals surface area contributed by atoms with E-state index in [1.165, 1.54) is 22.8 Å². The van der Waals surface area contributed by atoms with Gasteiger partial charge < -0.3 is 15.1 Å². The Morgan fingerprint density at radius 3 is 2.68 bits per heavy atom. The first kappa shape index (κ1) is 19.4. The van der Waals surface area contributed by atoms with Gasteiger partial charge >= 0.3 is 6.18 Å². The minimum absolute atomic E-state index is 0.0694. The predicted octanol–water partition coefficient (Wildman–Crippen LogP) is 2.17. The Hall–Kier alpha value is -3.37. The quantitative estimate of drug-likeness (QED) is 0.597. The maximum absolute atomic E-state index is 12.8. The minimum atomic E-state index is -4.49. The molecule has 0 saturated heterocycles. The Balaban J connectivity index is 1.47. The number of hydrogen-bond acceptors (Lipinski definition) is 5. The summed E-state index contributed by atoms with van der Waals surface area (Å²) in [7, 11) is 0. The Labute approximate surface area is 156 Å². The fourth-order valence-electron chi connectivity index (χ4n) is 2.44. The lowest BCUT2D eigenvalue weighted by molar-refractivity contribution is -0.137. The third-order valence-electron chi connectivity index (χ3n) is 3.86. The average Bonchev–Trinajstić information content (AvgIpc) is 3.32. The summed E-state index contributed by atoms with van der Waals surface area (Å²) in [6.07, 6.45) is -1.70. The van der Waals surface area contributed by atoms with Crippen molar-refractivity contribution in [2.24, 2.45) is 0 Å². The van der Waals surface area contributed by atoms with Crippen molar-refractivity contribution in [1.29, 1.82) is 0 Å². The molecule has 0 spiro atoms. The van der Waals surface area contributed by atoms with E-state index in [0.717, 1.165) is 12.3 Å². The number of aromatic nitrogens is 3. The van der Waals surface area contributed by atoms with Crippen molar-refractivity contribution in [2.75, 3.05) is 6.54 Å². The van der Waals surface area contributed by atoms with Gasteiger partial charge in [-0.3, -0.25) is 14.0 Å². The summed E-state index contributed by atoms with van der Waals surface area (Å²) in [6, 6.07) is 5.25. The molecule has 2 amide bonds. The van der Waals surface area contributed by atoms with Crippen LogP contribution in [-0.4, -0.2) is 33.0 Å². The third-order valence-corrected chi connectivity index (χ3v) is 3.86. The molecule has 28 heavy (non-hydrogen) atoms. The number of rotatable bonds is 7. The van der Waals surface area contributed by atoms with Gasteiger partial charge in [-0.2, -0.15) is 13.2 Å². The van der Waals surface area contributed by atoms with Crippen LogP contribution in [0.3, 0.4) is 0 Å². The van der Waals surface area contributed by atoms with E-state index in [4.69, 9.17) is 4.42 Å². The average molecular weight is 395 g/mol. The van der Waals surface area contributed by atoms with Crippen LogP contribution < -0.4 is 10.6 Å². The molecule has 3 aromatic rings. The molecule has 8 nitrogen and oxygen atoms in total. The number of carbonyl (C=O) groups is 2. The van der Waals surface area contributed by atoms with Gasteiger partial charge in [-0.15, -0.1) is 10.2 Å². The number of halogens is 3. The Bertz CT molecular complexity index is 966. The molecular weight excluding hydrogens is 379 g/mol. The number of nitrogens with one attached hydrogen (secondary N) is 2. The highest BCUT2D eigenvalue weighted by Gasteiger charge is 2.31. The van der Waals surface area contributed by atoms with E-state index in [-0.39, 0.29) is 48.6 Å². The van der Waals surface area contributed by atoms with Crippen LogP contribution in [0.15, 0.2) is 41.1 Å². The zero-order valence-corrected chi connectivity index (χ0v) is 14.5. The number of fused-ring (bicyclic) bond motifs is 1. The zero-order chi connectivity index (χ0) is 20.1. The van der Waals surface area contributed by atoms with Crippen LogP contribution >= 0.6 is 0 Å². The van der Waals surface area contributed by atoms with E-state index >= 15 is 0 Å². The van der Waals surface area contributed by atoms with Gasteiger partial charge in [-0.25, -0.2) is 0 Å². The van der Waals surface area contributed by atoms with Gasteiger partial charge in [0.15, 0.2) is 17.2 Å². The molecule has 0 aliphatic heterocycles. The number of furan rings is 1. The lowest BCUT2D eigenvalue weighted by atomic mass is 10.2. The standard InChI is InChI=1S/C17H16F3N5O3/c18-17(19,20)11-5-6-13-23-24-14(25(13)10-11)9-22-15(26)4-1-7-21-16(27)12-3-2-8-28-12/h2-3,5-6,8,10H,1,4,7,9H2,(H,21,27)(H,22,26). The normalized spacial score (nSPS) is 11.5. The summed E-state index contributed by atoms with van der Waals surface area (Å²) in [6.45, 7) is 0.204. The molecule has 3 rings (SSSR count). The number of carbonyl (C=O) groups excluding carboxylic acids is 2. The van der Waals surface area contributed by atoms with Crippen LogP contribution in [0.5, 0.6) is 0 Å². The molecular formula is C17H16F3N5O3. The number of hydrogen-bond donors (Lipinski definition) is 2. The first-order chi connectivity index (χ1) is 13.3. The molecule has 0 saturated carbocycles. The maximum atomic E-state index is 12.8. The van der Waals surface area contributed by atoms with Crippen molar-refractivity contribution < 1.29 is 27.2 Å². The van der Waals surface area contributed by atoms with Crippen molar-refractivity contribution >= 4 is 17.5 Å². The molecule has 0 aliphatic carbocycles. The second kappa shape index (κ2) is 8.11. The van der Waals surface area contributed by atoms with E-state index in [9.17, 15) is 22.8 Å². The first-order valence-corrected chi connectivity index (χ1v) is 8.34. The largest absolute Gasteiger partial charge is 0.459 e. The van der Waals surface area contributed by atoms with Gasteiger partial charge in [0, 0.05) is 19.2 Å². The van der Waals surface area contributed by atoms with Crippen LogP contribution in [0.2, 0.25) is 0 Å². The second-order valence-corrected chi connectivity index (χ2v) is 5.87. The monoisotopic (exact) mass is 395 g/mol. The van der Waals surface area contributed by atoms with Gasteiger partial charge in [0.25, 0.3) is 5.91 Å². The number of alkyl halides is 3. The van der Waals surface area contributed by atoms with Gasteiger partial charge in [0.05, 0.1) is 18.4 Å². The Morgan fingerprint density at radius 1 is 1.14 bits per heavy atom. The minimum Gasteiger partial charge on any atom is -0.459 e. The SMILES string of the molecule is O=C(CCCNC(=O)c1ccco1)NCc1nnc2ccc(C(F)(F)F)cn12. The highest BCUT2D eigenvalue weighted by Crippen LogP contribution is 2.29. The van der Waals surface area contributed by atoms with Gasteiger partial charge in [0.2, 0.25) is 5.91 Å². The molecule has 0 aliphatic rings. The molecule has 0 radical (unpaired) electrons. The Morgan fingerprint density at radius 2 is 1.96 bits per heavy atom. The van der Waals surface area contributed by atoms with Crippen LogP contribution in [0.25, 0.3) is 5.65 Å². The van der Waals surface area contributed by atoms with E-state index in [1.807, 2.05) is 0 Å². The molecule has 148 valence electrons. The summed E-state index contributed by atoms with van der Waals surface area (Å²) in [4.78, 5) is 23.5. The summed E-state index contributed by atoms with van der Waals surface area (Å²) in [5.74, 6) is -0.335. The molecule has 0 bridgehead atoms. The summed E-state index contributed by atoms with van der Waals surface area (Å²) in [5, 5.41) is 12.8. The van der Waals surface area contributed by atoms with Crippen LogP contribution in [0.4, 0.5) is 13.2 Å². The summed E-state index contributed by atoms with van der Waals surface area (Å²) >= 11 is 0. The van der Waals surface area contributed by atoms with Crippen molar-refractivity contribution in [1.82, 2.24) is 25.2 Å². The van der Waals surface area contributed by atoms with Gasteiger partial charge in [-0.1, -0.05) is 0 Å². The van der Waals surface area contributed by atoms with Crippen LogP contribution in [0, 0.1) is 0 Å². The summed E-state index contributed by atoms with van der Waals surface area (Å²) < 4.78 is 44.6. The number of amides is 2. The van der Waals surface area contributed by atoms with Gasteiger partial charge in [0.1, 0.15) is 0 Å². The van der Waals surface area contributed by atoms with E-state index in [2.05, 4.69) is 20.8 Å². The molecule has 3 heterocycles. The molecule has 0 atom stereocenters. The number of pyridine rings is 1. The molecule has 2 N–H and O–H groups in total. The van der Waals surface area contributed by atoms with Crippen molar-refractivity contribution in [2.45, 2.75) is 25.6 Å². The molecule has 0 unspecified atom stereocenters.